The van der Waals surface area contributed by atoms with E-state index < -0.39 is 0 Å². The summed E-state index contributed by atoms with van der Waals surface area (Å²) in [5.74, 6) is 0.759. The highest BCUT2D eigenvalue weighted by atomic mass is 35.5. The van der Waals surface area contributed by atoms with Gasteiger partial charge in [0.05, 0.1) is 34.8 Å². The van der Waals surface area contributed by atoms with Crippen LogP contribution in [0.2, 0.25) is 5.02 Å². The third-order valence-corrected chi connectivity index (χ3v) is 6.32. The molecule has 0 aliphatic rings. The first-order valence-electron chi connectivity index (χ1n) is 11.7. The van der Waals surface area contributed by atoms with Crippen LogP contribution in [0.15, 0.2) is 59.9 Å². The summed E-state index contributed by atoms with van der Waals surface area (Å²) in [6.07, 6.45) is 4.71. The van der Waals surface area contributed by atoms with E-state index in [1.807, 2.05) is 42.2 Å². The van der Waals surface area contributed by atoms with Crippen molar-refractivity contribution >= 4 is 39.9 Å². The molecule has 0 aliphatic heterocycles. The second kappa shape index (κ2) is 10.4. The summed E-state index contributed by atoms with van der Waals surface area (Å²) >= 11 is 6.31. The molecule has 0 atom stereocenters. The van der Waals surface area contributed by atoms with Crippen LogP contribution in [0, 0.1) is 0 Å². The van der Waals surface area contributed by atoms with E-state index in [4.69, 9.17) is 21.4 Å². The van der Waals surface area contributed by atoms with Crippen molar-refractivity contribution < 1.29 is 9.53 Å². The lowest BCUT2D eigenvalue weighted by atomic mass is 10.2. The van der Waals surface area contributed by atoms with Crippen molar-refractivity contribution in [3.05, 3.63) is 81.9 Å². The average Bonchev–Trinajstić information content (AvgIpc) is 3.52. The number of carbonyl (C=O) groups excluding carboxylic acids is 1. The Kier molecular flexibility index (Phi) is 6.89. The maximum Gasteiger partial charge on any atom is 0.284 e. The maximum absolute atomic E-state index is 13.6. The number of hydrogen-bond donors (Lipinski definition) is 2. The summed E-state index contributed by atoms with van der Waals surface area (Å²) < 4.78 is 8.08. The van der Waals surface area contributed by atoms with Crippen LogP contribution in [-0.4, -0.2) is 61.8 Å². The van der Waals surface area contributed by atoms with Gasteiger partial charge in [0.15, 0.2) is 5.82 Å². The zero-order chi connectivity index (χ0) is 25.9. The molecular formula is C25H25ClN8O3. The highest BCUT2D eigenvalue weighted by molar-refractivity contribution is 6.33. The normalized spacial score (nSPS) is 11.3. The van der Waals surface area contributed by atoms with Crippen molar-refractivity contribution in [1.82, 2.24) is 34.4 Å². The number of ether oxygens (including phenoxy) is 1. The number of carbonyl (C=O) groups is 1. The molecule has 0 saturated heterocycles. The molecule has 0 bridgehead atoms. The zero-order valence-electron chi connectivity index (χ0n) is 20.3. The molecule has 1 amide bonds. The number of nitrogens with zero attached hydrogens (tertiary/aromatic N) is 6. The van der Waals surface area contributed by atoms with Gasteiger partial charge in [-0.1, -0.05) is 29.8 Å². The van der Waals surface area contributed by atoms with Gasteiger partial charge in [0.1, 0.15) is 23.3 Å². The van der Waals surface area contributed by atoms with Gasteiger partial charge < -0.3 is 19.9 Å². The molecule has 4 heterocycles. The number of nitrogens with one attached hydrogen (secondary N) is 2. The van der Waals surface area contributed by atoms with Crippen molar-refractivity contribution in [3.8, 4) is 5.69 Å². The minimum Gasteiger partial charge on any atom is -0.383 e. The first kappa shape index (κ1) is 24.5. The number of halogens is 1. The minimum absolute atomic E-state index is 0.231. The summed E-state index contributed by atoms with van der Waals surface area (Å²) in [5.41, 5.74) is 1.62. The van der Waals surface area contributed by atoms with E-state index in [9.17, 15) is 9.59 Å². The van der Waals surface area contributed by atoms with Gasteiger partial charge >= 0.3 is 0 Å². The van der Waals surface area contributed by atoms with Crippen LogP contribution < -0.4 is 15.8 Å². The maximum atomic E-state index is 13.6. The average molecular weight is 521 g/mol. The second-order valence-electron chi connectivity index (χ2n) is 8.24. The molecule has 11 nitrogen and oxygen atoms in total. The highest BCUT2D eigenvalue weighted by Crippen LogP contribution is 2.28. The third kappa shape index (κ3) is 4.54. The Balaban J connectivity index is 1.61. The molecule has 1 aromatic carbocycles. The molecule has 190 valence electrons. The van der Waals surface area contributed by atoms with Gasteiger partial charge in [-0.3, -0.25) is 14.2 Å². The fourth-order valence-corrected chi connectivity index (χ4v) is 4.48. The lowest BCUT2D eigenvalue weighted by molar-refractivity contribution is 0.0938. The van der Waals surface area contributed by atoms with Crippen LogP contribution >= 0.6 is 11.6 Å². The van der Waals surface area contributed by atoms with E-state index in [-0.39, 0.29) is 18.0 Å². The Bertz CT molecular complexity index is 1630. The molecular weight excluding hydrogens is 496 g/mol. The number of H-pyrrole nitrogens is 1. The topological polar surface area (TPSA) is 122 Å². The van der Waals surface area contributed by atoms with E-state index in [1.165, 1.54) is 10.8 Å². The van der Waals surface area contributed by atoms with Gasteiger partial charge in [-0.15, -0.1) is 0 Å². The van der Waals surface area contributed by atoms with Gasteiger partial charge in [-0.2, -0.15) is 5.10 Å². The predicted octanol–water partition coefficient (Wildman–Crippen LogP) is 2.81. The van der Waals surface area contributed by atoms with Gasteiger partial charge in [0.25, 0.3) is 11.5 Å². The quantitative estimate of drug-likeness (QED) is 0.286. The SMILES string of the molecule is CCN(Cc1nn2ccc(Cl)c2c(=O)n1-c1ccccc1)c1ncnc2[nH]cc(C(=O)NCCOC)c12. The number of para-hydroxylation sites is 1. The van der Waals surface area contributed by atoms with Crippen LogP contribution in [-0.2, 0) is 11.3 Å². The third-order valence-electron chi connectivity index (χ3n) is 6.02. The number of hydrogen-bond acceptors (Lipinski definition) is 7. The Hall–Kier alpha value is -4.22. The Labute approximate surface area is 216 Å². The van der Waals surface area contributed by atoms with E-state index in [1.54, 1.807) is 30.1 Å². The molecule has 4 aromatic heterocycles. The molecule has 2 N–H and O–H groups in total. The molecule has 0 saturated carbocycles. The number of anilines is 1. The van der Waals surface area contributed by atoms with Crippen LogP contribution in [0.1, 0.15) is 23.1 Å². The summed E-state index contributed by atoms with van der Waals surface area (Å²) in [5, 5.41) is 8.48. The zero-order valence-corrected chi connectivity index (χ0v) is 21.1. The monoisotopic (exact) mass is 520 g/mol. The van der Waals surface area contributed by atoms with Crippen LogP contribution in [0.3, 0.4) is 0 Å². The predicted molar refractivity (Wildman–Crippen MR) is 141 cm³/mol. The molecule has 5 aromatic rings. The standard InChI is InChI=1S/C25H25ClN8O3/c1-3-32(23-20-17(24(35)27-10-12-37-2)13-28-22(20)29-15-30-23)14-19-31-33-11-9-18(26)21(33)25(36)34(19)16-7-5-4-6-8-16/h4-9,11,13,15H,3,10,12,14H2,1-2H3,(H,27,35)(H,28,29,30). The lowest BCUT2D eigenvalue weighted by Gasteiger charge is -2.24. The van der Waals surface area contributed by atoms with Crippen LogP contribution in [0.4, 0.5) is 5.82 Å². The Morgan fingerprint density at radius 1 is 1.22 bits per heavy atom. The highest BCUT2D eigenvalue weighted by Gasteiger charge is 2.23. The molecule has 0 aliphatic carbocycles. The Morgan fingerprint density at radius 3 is 2.78 bits per heavy atom. The molecule has 0 fully saturated rings. The van der Waals surface area contributed by atoms with E-state index in [2.05, 4.69) is 20.3 Å². The smallest absolute Gasteiger partial charge is 0.284 e. The van der Waals surface area contributed by atoms with Crippen LogP contribution in [0.5, 0.6) is 0 Å². The first-order chi connectivity index (χ1) is 18.0. The second-order valence-corrected chi connectivity index (χ2v) is 8.64. The number of rotatable bonds is 9. The van der Waals surface area contributed by atoms with Crippen molar-refractivity contribution in [2.24, 2.45) is 0 Å². The number of amides is 1. The number of benzene rings is 1. The van der Waals surface area contributed by atoms with Crippen molar-refractivity contribution in [2.45, 2.75) is 13.5 Å². The Morgan fingerprint density at radius 2 is 2.03 bits per heavy atom. The minimum atomic E-state index is -0.282. The summed E-state index contributed by atoms with van der Waals surface area (Å²) in [7, 11) is 1.57. The number of aromatic amines is 1. The summed E-state index contributed by atoms with van der Waals surface area (Å²) in [6, 6.07) is 10.9. The fraction of sp³-hybridized carbons (Fsp3) is 0.240. The molecule has 0 radical (unpaired) electrons. The molecule has 0 unspecified atom stereocenters. The van der Waals surface area contributed by atoms with Gasteiger partial charge in [-0.05, 0) is 25.1 Å². The molecule has 12 heteroatoms. The van der Waals surface area contributed by atoms with Gasteiger partial charge in [0.2, 0.25) is 0 Å². The van der Waals surface area contributed by atoms with Gasteiger partial charge in [-0.25, -0.2) is 14.5 Å². The van der Waals surface area contributed by atoms with Crippen molar-refractivity contribution in [1.29, 1.82) is 0 Å². The fourth-order valence-electron chi connectivity index (χ4n) is 4.25. The van der Waals surface area contributed by atoms with Crippen molar-refractivity contribution in [2.75, 3.05) is 31.7 Å². The van der Waals surface area contributed by atoms with Crippen molar-refractivity contribution in [3.63, 3.8) is 0 Å². The van der Waals surface area contributed by atoms with E-state index >= 15 is 0 Å². The first-order valence-corrected chi connectivity index (χ1v) is 12.1. The summed E-state index contributed by atoms with van der Waals surface area (Å²) in [4.78, 5) is 40.3. The lowest BCUT2D eigenvalue weighted by Crippen LogP contribution is -2.32. The van der Waals surface area contributed by atoms with E-state index in [0.717, 1.165) is 0 Å². The van der Waals surface area contributed by atoms with E-state index in [0.29, 0.717) is 64.2 Å². The largest absolute Gasteiger partial charge is 0.383 e. The number of aromatic nitrogens is 6. The number of methoxy groups -OCH3 is 1. The van der Waals surface area contributed by atoms with Crippen LogP contribution in [0.25, 0.3) is 22.2 Å². The molecule has 5 rings (SSSR count). The van der Waals surface area contributed by atoms with Gasteiger partial charge in [0, 0.05) is 32.6 Å². The summed E-state index contributed by atoms with van der Waals surface area (Å²) in [6.45, 7) is 3.49. The molecule has 0 spiro atoms. The molecule has 37 heavy (non-hydrogen) atoms. The number of fused-ring (bicyclic) bond motifs is 2.